The summed E-state index contributed by atoms with van der Waals surface area (Å²) in [5.41, 5.74) is 0.658. The van der Waals surface area contributed by atoms with Crippen LogP contribution in [-0.2, 0) is 9.47 Å². The first-order valence-electron chi connectivity index (χ1n) is 8.31. The first-order valence-corrected chi connectivity index (χ1v) is 8.69. The molecule has 27 heavy (non-hydrogen) atoms. The Balaban J connectivity index is 2.57. The van der Waals surface area contributed by atoms with Gasteiger partial charge in [-0.25, -0.2) is 9.59 Å². The molecule has 0 aliphatic carbocycles. The van der Waals surface area contributed by atoms with Crippen molar-refractivity contribution < 1.29 is 29.0 Å². The number of carbonyl (C=O) groups excluding carboxylic acids is 3. The van der Waals surface area contributed by atoms with Gasteiger partial charge in [-0.15, -0.1) is 0 Å². The van der Waals surface area contributed by atoms with Crippen LogP contribution in [0.1, 0.15) is 56.0 Å². The molecule has 2 aromatic rings. The van der Waals surface area contributed by atoms with E-state index in [1.54, 1.807) is 20.8 Å². The van der Waals surface area contributed by atoms with Gasteiger partial charge in [0.2, 0.25) is 0 Å². The van der Waals surface area contributed by atoms with E-state index in [0.29, 0.717) is 10.6 Å². The van der Waals surface area contributed by atoms with Crippen LogP contribution in [0.2, 0.25) is 5.02 Å². The Bertz CT molecular complexity index is 867. The first kappa shape index (κ1) is 20.5. The van der Waals surface area contributed by atoms with Crippen molar-refractivity contribution in [2.45, 2.75) is 20.8 Å². The third-order valence-electron chi connectivity index (χ3n) is 3.74. The average Bonchev–Trinajstić information content (AvgIpc) is 2.64. The average molecular weight is 391 g/mol. The van der Waals surface area contributed by atoms with E-state index in [0.717, 1.165) is 0 Å². The standard InChI is InChI=1S/C20H19ClO6/c1-4-26-19(24)13-7-12(8-14(9-13)20(25)27-5-2)18(23)15-10-16(21)11(3)6-17(15)22/h6-10,22H,4-5H2,1-3H3. The molecule has 0 atom stereocenters. The summed E-state index contributed by atoms with van der Waals surface area (Å²) in [5.74, 6) is -2.19. The van der Waals surface area contributed by atoms with Gasteiger partial charge >= 0.3 is 11.9 Å². The second kappa shape index (κ2) is 8.68. The van der Waals surface area contributed by atoms with E-state index in [1.165, 1.54) is 30.3 Å². The molecule has 0 saturated carbocycles. The third kappa shape index (κ3) is 4.65. The summed E-state index contributed by atoms with van der Waals surface area (Å²) in [5, 5.41) is 10.4. The molecule has 0 bridgehead atoms. The third-order valence-corrected chi connectivity index (χ3v) is 4.15. The molecule has 0 radical (unpaired) electrons. The minimum Gasteiger partial charge on any atom is -0.507 e. The quantitative estimate of drug-likeness (QED) is 0.593. The van der Waals surface area contributed by atoms with Gasteiger partial charge in [-0.05, 0) is 56.7 Å². The van der Waals surface area contributed by atoms with E-state index in [4.69, 9.17) is 21.1 Å². The highest BCUT2D eigenvalue weighted by molar-refractivity contribution is 6.32. The van der Waals surface area contributed by atoms with Crippen LogP contribution in [-0.4, -0.2) is 36.0 Å². The Labute approximate surface area is 161 Å². The highest BCUT2D eigenvalue weighted by atomic mass is 35.5. The van der Waals surface area contributed by atoms with Gasteiger partial charge in [0, 0.05) is 10.6 Å². The van der Waals surface area contributed by atoms with Gasteiger partial charge in [-0.2, -0.15) is 0 Å². The molecule has 2 aromatic carbocycles. The molecule has 0 heterocycles. The van der Waals surface area contributed by atoms with E-state index >= 15 is 0 Å². The lowest BCUT2D eigenvalue weighted by atomic mass is 9.97. The summed E-state index contributed by atoms with van der Waals surface area (Å²) in [6, 6.07) is 6.62. The van der Waals surface area contributed by atoms with Crippen molar-refractivity contribution in [2.24, 2.45) is 0 Å². The van der Waals surface area contributed by atoms with Crippen molar-refractivity contribution in [3.63, 3.8) is 0 Å². The summed E-state index contributed by atoms with van der Waals surface area (Å²) in [6.45, 7) is 5.26. The molecule has 0 aromatic heterocycles. The van der Waals surface area contributed by atoms with Gasteiger partial charge < -0.3 is 14.6 Å². The summed E-state index contributed by atoms with van der Waals surface area (Å²) < 4.78 is 9.90. The molecular weight excluding hydrogens is 372 g/mol. The van der Waals surface area contributed by atoms with E-state index in [9.17, 15) is 19.5 Å². The van der Waals surface area contributed by atoms with Gasteiger partial charge in [-0.1, -0.05) is 11.6 Å². The number of ketones is 1. The molecule has 0 aliphatic rings. The number of halogens is 1. The Kier molecular flexibility index (Phi) is 6.58. The highest BCUT2D eigenvalue weighted by Gasteiger charge is 2.21. The normalized spacial score (nSPS) is 10.4. The summed E-state index contributed by atoms with van der Waals surface area (Å²) in [6.07, 6.45) is 0. The number of aromatic hydroxyl groups is 1. The van der Waals surface area contributed by atoms with Crippen molar-refractivity contribution in [3.8, 4) is 5.75 Å². The summed E-state index contributed by atoms with van der Waals surface area (Å²) >= 11 is 6.05. The zero-order valence-electron chi connectivity index (χ0n) is 15.2. The van der Waals surface area contributed by atoms with Gasteiger partial charge in [0.25, 0.3) is 0 Å². The number of carbonyl (C=O) groups is 3. The van der Waals surface area contributed by atoms with Crippen molar-refractivity contribution in [2.75, 3.05) is 13.2 Å². The Hall–Kier alpha value is -2.86. The van der Waals surface area contributed by atoms with E-state index in [1.807, 2.05) is 0 Å². The number of phenolic OH excluding ortho intramolecular Hbond substituents is 1. The summed E-state index contributed by atoms with van der Waals surface area (Å²) in [7, 11) is 0. The molecule has 0 spiro atoms. The second-order valence-electron chi connectivity index (χ2n) is 5.69. The molecule has 142 valence electrons. The van der Waals surface area contributed by atoms with Crippen LogP contribution in [0.5, 0.6) is 5.75 Å². The SMILES string of the molecule is CCOC(=O)c1cc(C(=O)OCC)cc(C(=O)c2cc(Cl)c(C)cc2O)c1. The number of ether oxygens (including phenoxy) is 2. The number of benzene rings is 2. The lowest BCUT2D eigenvalue weighted by Gasteiger charge is -2.10. The minimum atomic E-state index is -0.677. The van der Waals surface area contributed by atoms with Crippen molar-refractivity contribution >= 4 is 29.3 Å². The Morgan fingerprint density at radius 3 is 1.85 bits per heavy atom. The predicted octanol–water partition coefficient (Wildman–Crippen LogP) is 3.94. The smallest absolute Gasteiger partial charge is 0.338 e. The van der Waals surface area contributed by atoms with E-state index in [2.05, 4.69) is 0 Å². The van der Waals surface area contributed by atoms with Crippen molar-refractivity contribution in [1.29, 1.82) is 0 Å². The fourth-order valence-electron chi connectivity index (χ4n) is 2.43. The number of hydrogen-bond acceptors (Lipinski definition) is 6. The molecule has 0 unspecified atom stereocenters. The van der Waals surface area contributed by atoms with E-state index in [-0.39, 0.29) is 41.2 Å². The van der Waals surface area contributed by atoms with Gasteiger partial charge in [0.05, 0.1) is 29.9 Å². The molecule has 0 saturated heterocycles. The largest absolute Gasteiger partial charge is 0.507 e. The number of phenols is 1. The van der Waals surface area contributed by atoms with Crippen LogP contribution in [0.3, 0.4) is 0 Å². The lowest BCUT2D eigenvalue weighted by Crippen LogP contribution is -2.12. The Morgan fingerprint density at radius 2 is 1.37 bits per heavy atom. The molecule has 0 fully saturated rings. The second-order valence-corrected chi connectivity index (χ2v) is 6.09. The maximum Gasteiger partial charge on any atom is 0.338 e. The molecule has 7 heteroatoms. The topological polar surface area (TPSA) is 89.9 Å². The van der Waals surface area contributed by atoms with Crippen LogP contribution >= 0.6 is 11.6 Å². The molecular formula is C20H19ClO6. The lowest BCUT2D eigenvalue weighted by molar-refractivity contribution is 0.0525. The van der Waals surface area contributed by atoms with E-state index < -0.39 is 17.7 Å². The molecule has 0 aliphatic heterocycles. The zero-order chi connectivity index (χ0) is 20.1. The number of esters is 2. The summed E-state index contributed by atoms with van der Waals surface area (Å²) in [4.78, 5) is 37.1. The zero-order valence-corrected chi connectivity index (χ0v) is 15.9. The van der Waals surface area contributed by atoms with Crippen LogP contribution in [0.4, 0.5) is 0 Å². The fourth-order valence-corrected chi connectivity index (χ4v) is 2.59. The van der Waals surface area contributed by atoms with Crippen LogP contribution in [0.25, 0.3) is 0 Å². The number of rotatable bonds is 6. The Morgan fingerprint density at radius 1 is 0.889 bits per heavy atom. The molecule has 6 nitrogen and oxygen atoms in total. The molecule has 2 rings (SSSR count). The minimum absolute atomic E-state index is 0.0267. The highest BCUT2D eigenvalue weighted by Crippen LogP contribution is 2.28. The fraction of sp³-hybridized carbons (Fsp3) is 0.250. The maximum atomic E-state index is 12.9. The van der Waals surface area contributed by atoms with Gasteiger partial charge in [0.1, 0.15) is 5.75 Å². The molecule has 1 N–H and O–H groups in total. The number of aryl methyl sites for hydroxylation is 1. The predicted molar refractivity (Wildman–Crippen MR) is 99.6 cm³/mol. The van der Waals surface area contributed by atoms with Crippen molar-refractivity contribution in [1.82, 2.24) is 0 Å². The monoisotopic (exact) mass is 390 g/mol. The maximum absolute atomic E-state index is 12.9. The van der Waals surface area contributed by atoms with Gasteiger partial charge in [-0.3, -0.25) is 4.79 Å². The van der Waals surface area contributed by atoms with Crippen LogP contribution in [0.15, 0.2) is 30.3 Å². The van der Waals surface area contributed by atoms with Crippen LogP contribution < -0.4 is 0 Å². The molecule has 0 amide bonds. The van der Waals surface area contributed by atoms with Gasteiger partial charge in [0.15, 0.2) is 5.78 Å². The first-order chi connectivity index (χ1) is 12.8. The number of hydrogen-bond donors (Lipinski definition) is 1. The van der Waals surface area contributed by atoms with Crippen LogP contribution in [0, 0.1) is 6.92 Å². The van der Waals surface area contributed by atoms with Crippen molar-refractivity contribution in [3.05, 3.63) is 63.2 Å².